The number of pyridine rings is 1. The molecule has 3 N–H and O–H groups in total. The van der Waals surface area contributed by atoms with Gasteiger partial charge in [0.05, 0.1) is 17.7 Å². The lowest BCUT2D eigenvalue weighted by molar-refractivity contribution is -0.142. The molecule has 8 heteroatoms. The third kappa shape index (κ3) is 3.90. The van der Waals surface area contributed by atoms with Crippen molar-refractivity contribution in [3.05, 3.63) is 81.6 Å². The fraction of sp³-hybridized carbons (Fsp3) is 0.136. The number of para-hydroxylation sites is 1. The molecule has 1 atom stereocenters. The third-order valence-electron chi connectivity index (χ3n) is 4.83. The van der Waals surface area contributed by atoms with Crippen LogP contribution in [0.3, 0.4) is 0 Å². The highest BCUT2D eigenvalue weighted by Crippen LogP contribution is 2.22. The zero-order valence-corrected chi connectivity index (χ0v) is 16.9. The van der Waals surface area contributed by atoms with Gasteiger partial charge in [0.1, 0.15) is 11.6 Å². The fourth-order valence-corrected chi connectivity index (χ4v) is 4.03. The molecule has 0 aliphatic rings. The second-order valence-corrected chi connectivity index (χ2v) is 7.65. The SMILES string of the molecule is COC(=O)[C@@H](Cc1c[nH]c2ccccc12)NC(=O)c1ccc(-c2cccs2)[nH]c1=O. The van der Waals surface area contributed by atoms with E-state index in [9.17, 15) is 14.4 Å². The highest BCUT2D eigenvalue weighted by atomic mass is 32.1. The molecule has 4 rings (SSSR count). The maximum absolute atomic E-state index is 12.7. The van der Waals surface area contributed by atoms with Gasteiger partial charge in [-0.2, -0.15) is 0 Å². The Balaban J connectivity index is 1.57. The number of aromatic amines is 2. The highest BCUT2D eigenvalue weighted by molar-refractivity contribution is 7.13. The number of fused-ring (bicyclic) bond motifs is 1. The number of esters is 1. The number of nitrogens with one attached hydrogen (secondary N) is 3. The van der Waals surface area contributed by atoms with Crippen molar-refractivity contribution >= 4 is 34.1 Å². The van der Waals surface area contributed by atoms with Gasteiger partial charge in [0, 0.05) is 23.5 Å². The molecular weight excluding hydrogens is 402 g/mol. The van der Waals surface area contributed by atoms with Crippen molar-refractivity contribution in [1.82, 2.24) is 15.3 Å². The van der Waals surface area contributed by atoms with Crippen LogP contribution in [0.5, 0.6) is 0 Å². The number of aromatic nitrogens is 2. The van der Waals surface area contributed by atoms with Gasteiger partial charge in [-0.25, -0.2) is 4.79 Å². The fourth-order valence-electron chi connectivity index (χ4n) is 3.32. The Labute approximate surface area is 175 Å². The molecule has 0 bridgehead atoms. The third-order valence-corrected chi connectivity index (χ3v) is 5.73. The van der Waals surface area contributed by atoms with Crippen LogP contribution in [-0.2, 0) is 16.0 Å². The number of hydrogen-bond acceptors (Lipinski definition) is 5. The smallest absolute Gasteiger partial charge is 0.328 e. The van der Waals surface area contributed by atoms with Gasteiger partial charge < -0.3 is 20.0 Å². The summed E-state index contributed by atoms with van der Waals surface area (Å²) in [5.74, 6) is -1.22. The molecule has 0 fully saturated rings. The van der Waals surface area contributed by atoms with E-state index < -0.39 is 23.5 Å². The number of H-pyrrole nitrogens is 2. The van der Waals surface area contributed by atoms with Gasteiger partial charge in [-0.1, -0.05) is 24.3 Å². The zero-order chi connectivity index (χ0) is 21.1. The molecule has 1 amide bonds. The first-order valence-electron chi connectivity index (χ1n) is 9.27. The van der Waals surface area contributed by atoms with E-state index in [0.29, 0.717) is 5.69 Å². The topological polar surface area (TPSA) is 104 Å². The number of carbonyl (C=O) groups is 2. The molecule has 30 heavy (non-hydrogen) atoms. The summed E-state index contributed by atoms with van der Waals surface area (Å²) in [4.78, 5) is 44.3. The summed E-state index contributed by atoms with van der Waals surface area (Å²) in [5, 5.41) is 5.50. The van der Waals surface area contributed by atoms with Crippen LogP contribution in [-0.4, -0.2) is 35.0 Å². The number of hydrogen-bond donors (Lipinski definition) is 3. The molecule has 0 aliphatic carbocycles. The van der Waals surface area contributed by atoms with E-state index in [0.717, 1.165) is 21.3 Å². The minimum atomic E-state index is -0.932. The number of methoxy groups -OCH3 is 1. The van der Waals surface area contributed by atoms with Gasteiger partial charge in [0.25, 0.3) is 11.5 Å². The second kappa shape index (κ2) is 8.38. The molecule has 0 radical (unpaired) electrons. The normalized spacial score (nSPS) is 11.9. The summed E-state index contributed by atoms with van der Waals surface area (Å²) in [6, 6.07) is 13.6. The number of carbonyl (C=O) groups excluding carboxylic acids is 2. The van der Waals surface area contributed by atoms with E-state index in [1.165, 1.54) is 24.5 Å². The lowest BCUT2D eigenvalue weighted by atomic mass is 10.0. The summed E-state index contributed by atoms with van der Waals surface area (Å²) >= 11 is 1.48. The molecule has 0 aliphatic heterocycles. The Morgan fingerprint density at radius 1 is 1.13 bits per heavy atom. The number of rotatable bonds is 6. The van der Waals surface area contributed by atoms with E-state index in [-0.39, 0.29) is 12.0 Å². The Kier molecular flexibility index (Phi) is 5.49. The van der Waals surface area contributed by atoms with Gasteiger partial charge in [0.2, 0.25) is 0 Å². The minimum Gasteiger partial charge on any atom is -0.467 e. The first-order chi connectivity index (χ1) is 14.6. The van der Waals surface area contributed by atoms with Crippen molar-refractivity contribution in [2.24, 2.45) is 0 Å². The van der Waals surface area contributed by atoms with Crippen LogP contribution >= 0.6 is 11.3 Å². The molecule has 0 unspecified atom stereocenters. The van der Waals surface area contributed by atoms with Crippen molar-refractivity contribution < 1.29 is 14.3 Å². The van der Waals surface area contributed by atoms with Crippen LogP contribution in [0.15, 0.2) is 64.9 Å². The molecular formula is C22H19N3O4S. The van der Waals surface area contributed by atoms with Crippen molar-refractivity contribution in [2.75, 3.05) is 7.11 Å². The van der Waals surface area contributed by atoms with Gasteiger partial charge >= 0.3 is 5.97 Å². The van der Waals surface area contributed by atoms with Crippen molar-refractivity contribution in [2.45, 2.75) is 12.5 Å². The number of thiophene rings is 1. The zero-order valence-electron chi connectivity index (χ0n) is 16.1. The largest absolute Gasteiger partial charge is 0.467 e. The monoisotopic (exact) mass is 421 g/mol. The molecule has 3 heterocycles. The van der Waals surface area contributed by atoms with Crippen molar-refractivity contribution in [1.29, 1.82) is 0 Å². The van der Waals surface area contributed by atoms with E-state index >= 15 is 0 Å². The van der Waals surface area contributed by atoms with Crippen molar-refractivity contribution in [3.63, 3.8) is 0 Å². The molecule has 0 saturated carbocycles. The molecule has 3 aromatic heterocycles. The lowest BCUT2D eigenvalue weighted by Gasteiger charge is -2.16. The number of benzene rings is 1. The molecule has 152 valence electrons. The predicted molar refractivity (Wildman–Crippen MR) is 116 cm³/mol. The van der Waals surface area contributed by atoms with Crippen LogP contribution in [0.4, 0.5) is 0 Å². The van der Waals surface area contributed by atoms with Gasteiger partial charge in [-0.3, -0.25) is 9.59 Å². The second-order valence-electron chi connectivity index (χ2n) is 6.70. The van der Waals surface area contributed by atoms with Crippen LogP contribution < -0.4 is 10.9 Å². The highest BCUT2D eigenvalue weighted by Gasteiger charge is 2.25. The van der Waals surface area contributed by atoms with Crippen LogP contribution in [0.1, 0.15) is 15.9 Å². The summed E-state index contributed by atoms with van der Waals surface area (Å²) in [6.45, 7) is 0. The maximum atomic E-state index is 12.7. The average molecular weight is 421 g/mol. The van der Waals surface area contributed by atoms with E-state index in [1.54, 1.807) is 12.3 Å². The summed E-state index contributed by atoms with van der Waals surface area (Å²) in [7, 11) is 1.26. The van der Waals surface area contributed by atoms with Crippen LogP contribution in [0.2, 0.25) is 0 Å². The van der Waals surface area contributed by atoms with Crippen LogP contribution in [0, 0.1) is 0 Å². The Morgan fingerprint density at radius 2 is 1.97 bits per heavy atom. The molecule has 0 spiro atoms. The first kappa shape index (κ1) is 19.7. The molecule has 7 nitrogen and oxygen atoms in total. The van der Waals surface area contributed by atoms with Crippen LogP contribution in [0.25, 0.3) is 21.5 Å². The first-order valence-corrected chi connectivity index (χ1v) is 10.2. The minimum absolute atomic E-state index is 0.0665. The lowest BCUT2D eigenvalue weighted by Crippen LogP contribution is -2.44. The Hall–Kier alpha value is -3.65. The van der Waals surface area contributed by atoms with E-state index in [4.69, 9.17) is 4.74 Å². The predicted octanol–water partition coefficient (Wildman–Crippen LogP) is 3.10. The van der Waals surface area contributed by atoms with E-state index in [1.807, 2.05) is 41.8 Å². The number of ether oxygens (including phenoxy) is 1. The van der Waals surface area contributed by atoms with Gasteiger partial charge in [-0.05, 0) is 35.2 Å². The number of amides is 1. The standard InChI is InChI=1S/C22H19N3O4S/c1-29-22(28)18(11-13-12-23-16-6-3-2-5-14(13)16)25-21(27)15-8-9-17(24-20(15)26)19-7-4-10-30-19/h2-10,12,18,23H,11H2,1H3,(H,24,26)(H,25,27)/t18-/m1/s1. The molecule has 4 aromatic rings. The summed E-state index contributed by atoms with van der Waals surface area (Å²) in [5.41, 5.74) is 1.85. The van der Waals surface area contributed by atoms with Crippen molar-refractivity contribution in [3.8, 4) is 10.6 Å². The quantitative estimate of drug-likeness (QED) is 0.416. The summed E-state index contributed by atoms with van der Waals surface area (Å²) < 4.78 is 4.86. The van der Waals surface area contributed by atoms with Gasteiger partial charge in [0.15, 0.2) is 0 Å². The maximum Gasteiger partial charge on any atom is 0.328 e. The molecule has 1 aromatic carbocycles. The van der Waals surface area contributed by atoms with Gasteiger partial charge in [-0.15, -0.1) is 11.3 Å². The molecule has 0 saturated heterocycles. The summed E-state index contributed by atoms with van der Waals surface area (Å²) in [6.07, 6.45) is 2.03. The van der Waals surface area contributed by atoms with E-state index in [2.05, 4.69) is 15.3 Å². The Morgan fingerprint density at radius 3 is 2.70 bits per heavy atom. The average Bonchev–Trinajstić information content (AvgIpc) is 3.43. The Bertz CT molecular complexity index is 1260.